The number of benzene rings is 2. The first-order valence-corrected chi connectivity index (χ1v) is 12.9. The lowest BCUT2D eigenvalue weighted by Gasteiger charge is -2.23. The lowest BCUT2D eigenvalue weighted by molar-refractivity contribution is -0.0894. The number of hydroxylamine groups is 1. The normalized spacial score (nSPS) is 18.2. The summed E-state index contributed by atoms with van der Waals surface area (Å²) in [5, 5.41) is 11.0. The number of hydrogen-bond donors (Lipinski definition) is 1. The minimum Gasteiger partial charge on any atom is -0.507 e. The van der Waals surface area contributed by atoms with E-state index in [4.69, 9.17) is 4.84 Å². The first kappa shape index (κ1) is 25.5. The molecule has 6 heteroatoms. The predicted molar refractivity (Wildman–Crippen MR) is 134 cm³/mol. The third-order valence-corrected chi connectivity index (χ3v) is 7.23. The molecule has 1 aliphatic rings. The standard InChI is InChI=1S/C27H37NO4S/c1-26(2,3)17-22-14-21(15-23(25(22)29)18-27(4,5)6)16-24-12-13-28(33(24,30)31)32-19-20-10-8-7-9-11-20/h7-11,14-16,29H,12-13,17-19H2,1-6H3/b24-16-. The molecular formula is C27H37NO4S. The second-order valence-corrected chi connectivity index (χ2v) is 13.2. The van der Waals surface area contributed by atoms with E-state index >= 15 is 0 Å². The summed E-state index contributed by atoms with van der Waals surface area (Å²) >= 11 is 0. The van der Waals surface area contributed by atoms with E-state index in [0.717, 1.165) is 26.7 Å². The van der Waals surface area contributed by atoms with Gasteiger partial charge in [-0.15, -0.1) is 0 Å². The maximum Gasteiger partial charge on any atom is 0.261 e. The Bertz CT molecular complexity index is 1070. The zero-order valence-corrected chi connectivity index (χ0v) is 21.5. The maximum absolute atomic E-state index is 13.1. The van der Waals surface area contributed by atoms with Crippen LogP contribution >= 0.6 is 0 Å². The van der Waals surface area contributed by atoms with E-state index in [0.29, 0.717) is 36.5 Å². The molecule has 1 aliphatic heterocycles. The van der Waals surface area contributed by atoms with Crippen molar-refractivity contribution in [1.29, 1.82) is 0 Å². The molecule has 33 heavy (non-hydrogen) atoms. The third-order valence-electron chi connectivity index (χ3n) is 5.42. The van der Waals surface area contributed by atoms with Crippen molar-refractivity contribution in [3.63, 3.8) is 0 Å². The fourth-order valence-electron chi connectivity index (χ4n) is 4.05. The fourth-order valence-corrected chi connectivity index (χ4v) is 5.47. The van der Waals surface area contributed by atoms with E-state index in [-0.39, 0.29) is 17.4 Å². The Kier molecular flexibility index (Phi) is 7.42. The molecule has 1 heterocycles. The molecule has 1 fully saturated rings. The Morgan fingerprint density at radius 3 is 2.03 bits per heavy atom. The molecule has 0 atom stereocenters. The highest BCUT2D eigenvalue weighted by atomic mass is 32.2. The van der Waals surface area contributed by atoms with Crippen LogP contribution in [0.4, 0.5) is 0 Å². The Balaban J connectivity index is 1.90. The molecule has 0 unspecified atom stereocenters. The van der Waals surface area contributed by atoms with Crippen LogP contribution in [0, 0.1) is 10.8 Å². The third kappa shape index (κ3) is 6.92. The van der Waals surface area contributed by atoms with Gasteiger partial charge in [-0.3, -0.25) is 4.84 Å². The summed E-state index contributed by atoms with van der Waals surface area (Å²) in [5.41, 5.74) is 3.40. The van der Waals surface area contributed by atoms with E-state index in [2.05, 4.69) is 41.5 Å². The van der Waals surface area contributed by atoms with Crippen molar-refractivity contribution in [2.24, 2.45) is 10.8 Å². The summed E-state index contributed by atoms with van der Waals surface area (Å²) in [5.74, 6) is 0.323. The van der Waals surface area contributed by atoms with Gasteiger partial charge in [0.25, 0.3) is 10.0 Å². The van der Waals surface area contributed by atoms with E-state index in [1.165, 1.54) is 0 Å². The minimum absolute atomic E-state index is 0.0102. The number of sulfonamides is 1. The molecular weight excluding hydrogens is 434 g/mol. The van der Waals surface area contributed by atoms with Crippen LogP contribution in [0.25, 0.3) is 6.08 Å². The second-order valence-electron chi connectivity index (χ2n) is 11.3. The lowest BCUT2D eigenvalue weighted by Crippen LogP contribution is -2.25. The summed E-state index contributed by atoms with van der Waals surface area (Å²) < 4.78 is 27.3. The molecule has 3 rings (SSSR count). The van der Waals surface area contributed by atoms with E-state index in [1.54, 1.807) is 6.08 Å². The Morgan fingerprint density at radius 2 is 1.52 bits per heavy atom. The average molecular weight is 472 g/mol. The van der Waals surface area contributed by atoms with Crippen LogP contribution in [0.1, 0.15) is 70.2 Å². The molecule has 2 aromatic rings. The molecule has 2 aromatic carbocycles. The Hall–Kier alpha value is -2.15. The number of hydrogen-bond acceptors (Lipinski definition) is 4. The van der Waals surface area contributed by atoms with Crippen LogP contribution < -0.4 is 0 Å². The van der Waals surface area contributed by atoms with Gasteiger partial charge in [0, 0.05) is 13.0 Å². The van der Waals surface area contributed by atoms with Gasteiger partial charge in [-0.2, -0.15) is 0 Å². The van der Waals surface area contributed by atoms with Gasteiger partial charge in [-0.25, -0.2) is 8.42 Å². The van der Waals surface area contributed by atoms with Gasteiger partial charge in [0.05, 0.1) is 11.5 Å². The predicted octanol–water partition coefficient (Wildman–Crippen LogP) is 6.08. The van der Waals surface area contributed by atoms with E-state index < -0.39 is 10.0 Å². The van der Waals surface area contributed by atoms with Gasteiger partial charge in [-0.1, -0.05) is 76.3 Å². The summed E-state index contributed by atoms with van der Waals surface area (Å²) in [6, 6.07) is 13.4. The lowest BCUT2D eigenvalue weighted by atomic mass is 9.83. The zero-order valence-electron chi connectivity index (χ0n) is 20.7. The summed E-state index contributed by atoms with van der Waals surface area (Å²) in [6.07, 6.45) is 3.53. The van der Waals surface area contributed by atoms with Gasteiger partial charge >= 0.3 is 0 Å². The summed E-state index contributed by atoms with van der Waals surface area (Å²) in [7, 11) is -3.69. The van der Waals surface area contributed by atoms with Crippen LogP contribution in [0.3, 0.4) is 0 Å². The van der Waals surface area contributed by atoms with Gasteiger partial charge in [0.15, 0.2) is 0 Å². The molecule has 0 radical (unpaired) electrons. The first-order chi connectivity index (χ1) is 15.2. The van der Waals surface area contributed by atoms with Crippen molar-refractivity contribution in [3.8, 4) is 5.75 Å². The number of phenolic OH excluding ortho intramolecular Hbond substituents is 1. The zero-order chi connectivity index (χ0) is 24.4. The fraction of sp³-hybridized carbons (Fsp3) is 0.481. The van der Waals surface area contributed by atoms with Crippen molar-refractivity contribution in [3.05, 3.63) is 69.6 Å². The van der Waals surface area contributed by atoms with Crippen LogP contribution in [-0.2, 0) is 34.3 Å². The molecule has 0 saturated carbocycles. The van der Waals surface area contributed by atoms with Crippen LogP contribution in [0.15, 0.2) is 47.4 Å². The molecule has 180 valence electrons. The van der Waals surface area contributed by atoms with E-state index in [9.17, 15) is 13.5 Å². The quantitative estimate of drug-likeness (QED) is 0.555. The van der Waals surface area contributed by atoms with Crippen molar-refractivity contribution in [2.75, 3.05) is 6.54 Å². The van der Waals surface area contributed by atoms with Crippen LogP contribution in [0.5, 0.6) is 5.75 Å². The number of phenols is 1. The minimum atomic E-state index is -3.69. The van der Waals surface area contributed by atoms with Crippen molar-refractivity contribution >= 4 is 16.1 Å². The molecule has 1 saturated heterocycles. The topological polar surface area (TPSA) is 66.8 Å². The van der Waals surface area contributed by atoms with E-state index in [1.807, 2.05) is 42.5 Å². The van der Waals surface area contributed by atoms with Crippen molar-refractivity contribution in [1.82, 2.24) is 4.47 Å². The van der Waals surface area contributed by atoms with Gasteiger partial charge in [-0.05, 0) is 64.1 Å². The molecule has 0 amide bonds. The number of aromatic hydroxyl groups is 1. The molecule has 5 nitrogen and oxygen atoms in total. The molecule has 0 spiro atoms. The van der Waals surface area contributed by atoms with Gasteiger partial charge in [0.2, 0.25) is 0 Å². The monoisotopic (exact) mass is 471 g/mol. The van der Waals surface area contributed by atoms with Crippen molar-refractivity contribution in [2.45, 2.75) is 67.4 Å². The number of rotatable bonds is 6. The molecule has 0 aliphatic carbocycles. The van der Waals surface area contributed by atoms with Gasteiger partial charge < -0.3 is 5.11 Å². The molecule has 0 aromatic heterocycles. The SMILES string of the molecule is CC(C)(C)Cc1cc(/C=C2/CCN(OCc3ccccc3)S2(=O)=O)cc(CC(C)(C)C)c1O. The van der Waals surface area contributed by atoms with Crippen LogP contribution in [0.2, 0.25) is 0 Å². The largest absolute Gasteiger partial charge is 0.507 e. The highest BCUT2D eigenvalue weighted by Gasteiger charge is 2.35. The summed E-state index contributed by atoms with van der Waals surface area (Å²) in [4.78, 5) is 5.97. The maximum atomic E-state index is 13.1. The highest BCUT2D eigenvalue weighted by molar-refractivity contribution is 7.93. The molecule has 0 bridgehead atoms. The highest BCUT2D eigenvalue weighted by Crippen LogP contribution is 2.36. The average Bonchev–Trinajstić information content (AvgIpc) is 2.96. The Labute approximate surface area is 199 Å². The second kappa shape index (κ2) is 9.61. The summed E-state index contributed by atoms with van der Waals surface area (Å²) in [6.45, 7) is 13.3. The molecule has 1 N–H and O–H groups in total. The van der Waals surface area contributed by atoms with Crippen molar-refractivity contribution < 1.29 is 18.4 Å². The Morgan fingerprint density at radius 1 is 0.970 bits per heavy atom. The first-order valence-electron chi connectivity index (χ1n) is 11.5. The van der Waals surface area contributed by atoms with Crippen LogP contribution in [-0.4, -0.2) is 24.5 Å². The smallest absolute Gasteiger partial charge is 0.261 e. The number of nitrogens with zero attached hydrogens (tertiary/aromatic N) is 1. The van der Waals surface area contributed by atoms with Gasteiger partial charge in [0.1, 0.15) is 5.75 Å².